The molecule has 1 N–H and O–H groups in total. The van der Waals surface area contributed by atoms with Gasteiger partial charge < -0.3 is 14.8 Å². The second kappa shape index (κ2) is 7.19. The van der Waals surface area contributed by atoms with Crippen molar-refractivity contribution in [2.45, 2.75) is 25.8 Å². The smallest absolute Gasteiger partial charge is 0.274 e. The highest BCUT2D eigenvalue weighted by atomic mass is 16.2. The van der Waals surface area contributed by atoms with Gasteiger partial charge in [0.05, 0.1) is 12.4 Å². The van der Waals surface area contributed by atoms with Gasteiger partial charge in [-0.05, 0) is 49.1 Å². The molecule has 3 aromatic rings. The zero-order chi connectivity index (χ0) is 18.8. The van der Waals surface area contributed by atoms with Crippen LogP contribution in [0.25, 0.3) is 0 Å². The van der Waals surface area contributed by atoms with Crippen LogP contribution in [0.4, 0.5) is 11.6 Å². The number of imidazole rings is 1. The predicted octanol–water partition coefficient (Wildman–Crippen LogP) is 3.24. The molecular weight excluding hydrogens is 340 g/mol. The summed E-state index contributed by atoms with van der Waals surface area (Å²) in [6.07, 6.45) is 8.86. The van der Waals surface area contributed by atoms with Gasteiger partial charge in [0.1, 0.15) is 17.3 Å². The molecule has 4 rings (SSSR count). The number of carbonyl (C=O) groups excluding carboxylic acids is 1. The van der Waals surface area contributed by atoms with E-state index in [0.29, 0.717) is 5.69 Å². The van der Waals surface area contributed by atoms with E-state index >= 15 is 0 Å². The lowest BCUT2D eigenvalue weighted by Gasteiger charge is -2.24. The highest BCUT2D eigenvalue weighted by Gasteiger charge is 2.31. The van der Waals surface area contributed by atoms with Crippen molar-refractivity contribution in [2.24, 2.45) is 7.05 Å². The molecule has 4 heterocycles. The molecule has 0 unspecified atom stereocenters. The third kappa shape index (κ3) is 3.53. The lowest BCUT2D eigenvalue weighted by atomic mass is 10.1. The Morgan fingerprint density at radius 1 is 1.22 bits per heavy atom. The fourth-order valence-electron chi connectivity index (χ4n) is 3.49. The molecule has 0 radical (unpaired) electrons. The Morgan fingerprint density at radius 3 is 2.89 bits per heavy atom. The molecule has 1 aliphatic heterocycles. The van der Waals surface area contributed by atoms with Crippen molar-refractivity contribution in [1.29, 1.82) is 0 Å². The fraction of sp³-hybridized carbons (Fsp3) is 0.300. The molecule has 7 heteroatoms. The Bertz CT molecular complexity index is 966. The zero-order valence-corrected chi connectivity index (χ0v) is 15.5. The fourth-order valence-corrected chi connectivity index (χ4v) is 3.49. The molecule has 1 aliphatic rings. The summed E-state index contributed by atoms with van der Waals surface area (Å²) in [6, 6.07) is 7.93. The Hall–Kier alpha value is -3.22. The van der Waals surface area contributed by atoms with Gasteiger partial charge in [-0.1, -0.05) is 6.07 Å². The Balaban J connectivity index is 1.57. The number of likely N-dealkylation sites (tertiary alicyclic amines) is 1. The Labute approximate surface area is 158 Å². The molecule has 0 aromatic carbocycles. The minimum absolute atomic E-state index is 0.0232. The molecule has 1 fully saturated rings. The molecule has 0 saturated carbocycles. The summed E-state index contributed by atoms with van der Waals surface area (Å²) in [4.78, 5) is 27.8. The average Bonchev–Trinajstić information content (AvgIpc) is 3.32. The van der Waals surface area contributed by atoms with E-state index in [2.05, 4.69) is 20.3 Å². The van der Waals surface area contributed by atoms with Gasteiger partial charge in [0.25, 0.3) is 5.91 Å². The van der Waals surface area contributed by atoms with E-state index in [9.17, 15) is 4.79 Å². The quantitative estimate of drug-likeness (QED) is 0.771. The zero-order valence-electron chi connectivity index (χ0n) is 15.5. The number of aromatic nitrogens is 4. The van der Waals surface area contributed by atoms with Crippen LogP contribution >= 0.6 is 0 Å². The maximum absolute atomic E-state index is 12.9. The highest BCUT2D eigenvalue weighted by Crippen LogP contribution is 2.34. The first kappa shape index (κ1) is 17.2. The van der Waals surface area contributed by atoms with Crippen LogP contribution in [0.1, 0.15) is 40.5 Å². The first-order valence-electron chi connectivity index (χ1n) is 9.05. The van der Waals surface area contributed by atoms with Gasteiger partial charge in [0, 0.05) is 32.2 Å². The lowest BCUT2D eigenvalue weighted by Crippen LogP contribution is -2.30. The molecule has 138 valence electrons. The monoisotopic (exact) mass is 362 g/mol. The molecule has 7 nitrogen and oxygen atoms in total. The minimum Gasteiger partial charge on any atom is -0.340 e. The van der Waals surface area contributed by atoms with Crippen LogP contribution in [0.2, 0.25) is 0 Å². The van der Waals surface area contributed by atoms with Crippen LogP contribution in [0.15, 0.2) is 49.2 Å². The second-order valence-electron chi connectivity index (χ2n) is 6.85. The van der Waals surface area contributed by atoms with Crippen LogP contribution in [-0.4, -0.2) is 36.9 Å². The molecule has 1 saturated heterocycles. The number of pyridine rings is 2. The van der Waals surface area contributed by atoms with Crippen LogP contribution in [0, 0.1) is 6.92 Å². The van der Waals surface area contributed by atoms with Gasteiger partial charge in [0.2, 0.25) is 0 Å². The molecule has 1 amide bonds. The number of amides is 1. The van der Waals surface area contributed by atoms with Gasteiger partial charge >= 0.3 is 0 Å². The van der Waals surface area contributed by atoms with Crippen LogP contribution in [0.3, 0.4) is 0 Å². The number of aryl methyl sites for hydroxylation is 2. The average molecular weight is 362 g/mol. The maximum Gasteiger partial charge on any atom is 0.274 e. The summed E-state index contributed by atoms with van der Waals surface area (Å²) in [5.41, 5.74) is 2.61. The normalized spacial score (nSPS) is 16.5. The van der Waals surface area contributed by atoms with Crippen molar-refractivity contribution >= 4 is 17.5 Å². The van der Waals surface area contributed by atoms with Gasteiger partial charge in [-0.25, -0.2) is 15.0 Å². The van der Waals surface area contributed by atoms with E-state index in [1.54, 1.807) is 29.5 Å². The molecule has 0 spiro atoms. The molecular formula is C20H22N6O. The number of rotatable bonds is 4. The number of hydrogen-bond donors (Lipinski definition) is 1. The van der Waals surface area contributed by atoms with E-state index in [4.69, 9.17) is 0 Å². The molecule has 0 aliphatic carbocycles. The maximum atomic E-state index is 12.9. The van der Waals surface area contributed by atoms with E-state index in [1.165, 1.54) is 0 Å². The topological polar surface area (TPSA) is 75.9 Å². The van der Waals surface area contributed by atoms with Crippen LogP contribution < -0.4 is 5.32 Å². The van der Waals surface area contributed by atoms with Gasteiger partial charge in [-0.2, -0.15) is 0 Å². The third-order valence-electron chi connectivity index (χ3n) is 4.86. The van der Waals surface area contributed by atoms with E-state index in [1.807, 2.05) is 43.1 Å². The number of nitrogens with one attached hydrogen (secondary N) is 1. The number of nitrogens with zero attached hydrogens (tertiary/aromatic N) is 5. The Morgan fingerprint density at radius 2 is 2.11 bits per heavy atom. The first-order valence-corrected chi connectivity index (χ1v) is 9.05. The van der Waals surface area contributed by atoms with Crippen molar-refractivity contribution in [3.05, 3.63) is 66.0 Å². The Kier molecular flexibility index (Phi) is 4.58. The third-order valence-corrected chi connectivity index (χ3v) is 4.86. The molecule has 3 aromatic heterocycles. The van der Waals surface area contributed by atoms with Gasteiger partial charge in [-0.3, -0.25) is 4.79 Å². The summed E-state index contributed by atoms with van der Waals surface area (Å²) in [5, 5.41) is 3.27. The van der Waals surface area contributed by atoms with E-state index in [-0.39, 0.29) is 11.9 Å². The standard InChI is InChI=1S/C20H22N6O/c1-14-5-3-8-22-19(14)24-18-11-15(7-9-21-18)17-6-4-10-26(17)20(27)16-12-25(2)13-23-16/h3,5,7-9,11-13,17H,4,6,10H2,1-2H3,(H,21,22,24)/t17-/m0/s1. The van der Waals surface area contributed by atoms with Crippen molar-refractivity contribution in [3.63, 3.8) is 0 Å². The van der Waals surface area contributed by atoms with E-state index in [0.717, 1.165) is 42.1 Å². The van der Waals surface area contributed by atoms with Crippen molar-refractivity contribution in [3.8, 4) is 0 Å². The van der Waals surface area contributed by atoms with Gasteiger partial charge in [0.15, 0.2) is 0 Å². The van der Waals surface area contributed by atoms with Crippen molar-refractivity contribution in [1.82, 2.24) is 24.4 Å². The summed E-state index contributed by atoms with van der Waals surface area (Å²) in [5.74, 6) is 1.49. The highest BCUT2D eigenvalue weighted by molar-refractivity contribution is 5.92. The predicted molar refractivity (Wildman–Crippen MR) is 103 cm³/mol. The number of anilines is 2. The van der Waals surface area contributed by atoms with Gasteiger partial charge in [-0.15, -0.1) is 0 Å². The van der Waals surface area contributed by atoms with Crippen LogP contribution in [-0.2, 0) is 7.05 Å². The lowest BCUT2D eigenvalue weighted by molar-refractivity contribution is 0.0730. The molecule has 0 bridgehead atoms. The molecule has 27 heavy (non-hydrogen) atoms. The van der Waals surface area contributed by atoms with Crippen molar-refractivity contribution < 1.29 is 4.79 Å². The second-order valence-corrected chi connectivity index (χ2v) is 6.85. The van der Waals surface area contributed by atoms with Crippen molar-refractivity contribution in [2.75, 3.05) is 11.9 Å². The van der Waals surface area contributed by atoms with Crippen LogP contribution in [0.5, 0.6) is 0 Å². The SMILES string of the molecule is Cc1cccnc1Nc1cc([C@@H]2CCCN2C(=O)c2cn(C)cn2)ccn1. The first-order chi connectivity index (χ1) is 13.1. The van der Waals surface area contributed by atoms with E-state index < -0.39 is 0 Å². The summed E-state index contributed by atoms with van der Waals surface area (Å²) in [7, 11) is 1.87. The summed E-state index contributed by atoms with van der Waals surface area (Å²) in [6.45, 7) is 2.74. The summed E-state index contributed by atoms with van der Waals surface area (Å²) < 4.78 is 1.79. The number of hydrogen-bond acceptors (Lipinski definition) is 5. The number of carbonyl (C=O) groups is 1. The molecule has 1 atom stereocenters. The largest absolute Gasteiger partial charge is 0.340 e. The minimum atomic E-state index is -0.0232. The summed E-state index contributed by atoms with van der Waals surface area (Å²) >= 11 is 0.